The van der Waals surface area contributed by atoms with Gasteiger partial charge in [-0.25, -0.2) is 8.42 Å². The molecule has 0 heterocycles. The van der Waals surface area contributed by atoms with E-state index in [4.69, 9.17) is 10.5 Å². The minimum Gasteiger partial charge on any atom is -0.494 e. The summed E-state index contributed by atoms with van der Waals surface area (Å²) >= 11 is 0. The zero-order chi connectivity index (χ0) is 15.7. The molecule has 126 valence electrons. The van der Waals surface area contributed by atoms with Gasteiger partial charge in [0.05, 0.1) is 11.5 Å². The van der Waals surface area contributed by atoms with Gasteiger partial charge in [-0.2, -0.15) is 0 Å². The van der Waals surface area contributed by atoms with Crippen LogP contribution in [0.1, 0.15) is 19.3 Å². The Bertz CT molecular complexity index is 546. The number of rotatable bonds is 9. The van der Waals surface area contributed by atoms with Crippen LogP contribution in [0.4, 0.5) is 0 Å². The highest BCUT2D eigenvalue weighted by Crippen LogP contribution is 2.16. The van der Waals surface area contributed by atoms with Gasteiger partial charge in [0.2, 0.25) is 5.91 Å². The molecule has 6 nitrogen and oxygen atoms in total. The van der Waals surface area contributed by atoms with Gasteiger partial charge in [0, 0.05) is 25.8 Å². The first-order chi connectivity index (χ1) is 9.93. The molecule has 1 aromatic rings. The molecule has 3 N–H and O–H groups in total. The third-order valence-electron chi connectivity index (χ3n) is 2.79. The molecule has 22 heavy (non-hydrogen) atoms. The van der Waals surface area contributed by atoms with Crippen LogP contribution in [0.3, 0.4) is 0 Å². The third-order valence-corrected chi connectivity index (χ3v) is 3.91. The Labute approximate surface area is 137 Å². The monoisotopic (exact) mass is 350 g/mol. The van der Waals surface area contributed by atoms with E-state index in [1.54, 1.807) is 12.1 Å². The second-order valence-electron chi connectivity index (χ2n) is 4.69. The summed E-state index contributed by atoms with van der Waals surface area (Å²) in [7, 11) is -3.17. The van der Waals surface area contributed by atoms with Crippen molar-refractivity contribution < 1.29 is 17.9 Å². The fourth-order valence-corrected chi connectivity index (χ4v) is 2.29. The van der Waals surface area contributed by atoms with Gasteiger partial charge in [0.25, 0.3) is 0 Å². The number of sulfone groups is 1. The highest BCUT2D eigenvalue weighted by atomic mass is 35.5. The molecular formula is C14H23ClN2O4S. The number of amides is 1. The molecule has 8 heteroatoms. The minimum atomic E-state index is -3.17. The molecule has 0 unspecified atom stereocenters. The van der Waals surface area contributed by atoms with Crippen LogP contribution in [0.25, 0.3) is 0 Å². The number of benzene rings is 1. The smallest absolute Gasteiger partial charge is 0.220 e. The first-order valence-electron chi connectivity index (χ1n) is 6.83. The third kappa shape index (κ3) is 8.21. The topological polar surface area (TPSA) is 98.5 Å². The second-order valence-corrected chi connectivity index (χ2v) is 6.70. The maximum absolute atomic E-state index is 11.3. The quantitative estimate of drug-likeness (QED) is 0.651. The van der Waals surface area contributed by atoms with Crippen LogP contribution in [-0.4, -0.2) is 40.3 Å². The summed E-state index contributed by atoms with van der Waals surface area (Å²) in [5.41, 5.74) is 5.28. The number of carbonyl (C=O) groups is 1. The molecule has 0 atom stereocenters. The molecule has 0 saturated carbocycles. The van der Waals surface area contributed by atoms with E-state index in [2.05, 4.69) is 5.32 Å². The van der Waals surface area contributed by atoms with E-state index < -0.39 is 9.84 Å². The summed E-state index contributed by atoms with van der Waals surface area (Å²) in [5.74, 6) is 0.618. The number of carbonyl (C=O) groups excluding carboxylic acids is 1. The molecule has 1 amide bonds. The number of ether oxygens (including phenoxy) is 1. The summed E-state index contributed by atoms with van der Waals surface area (Å²) in [6.45, 7) is 1.43. The lowest BCUT2D eigenvalue weighted by molar-refractivity contribution is -0.121. The van der Waals surface area contributed by atoms with Crippen LogP contribution >= 0.6 is 12.4 Å². The standard InChI is InChI=1S/C14H22N2O4S.ClH/c1-21(18,19)13-7-5-12(6-8-13)20-11-3-2-4-14(17)16-10-9-15;/h5-8H,2-4,9-11,15H2,1H3,(H,16,17);1H. The molecule has 1 aromatic carbocycles. The number of halogens is 1. The van der Waals surface area contributed by atoms with Gasteiger partial charge in [-0.1, -0.05) is 0 Å². The fourth-order valence-electron chi connectivity index (χ4n) is 1.66. The van der Waals surface area contributed by atoms with Crippen molar-refractivity contribution in [2.45, 2.75) is 24.2 Å². The van der Waals surface area contributed by atoms with Crippen molar-refractivity contribution in [2.75, 3.05) is 26.0 Å². The highest BCUT2D eigenvalue weighted by Gasteiger charge is 2.06. The van der Waals surface area contributed by atoms with Crippen LogP contribution in [0.5, 0.6) is 5.75 Å². The molecule has 0 aromatic heterocycles. The Balaban J connectivity index is 0.00000441. The Morgan fingerprint density at radius 3 is 2.41 bits per heavy atom. The van der Waals surface area contributed by atoms with Gasteiger partial charge in [0.1, 0.15) is 5.75 Å². The van der Waals surface area contributed by atoms with Gasteiger partial charge in [-0.05, 0) is 37.1 Å². The van der Waals surface area contributed by atoms with Crippen LogP contribution in [0.2, 0.25) is 0 Å². The van der Waals surface area contributed by atoms with Crippen molar-refractivity contribution in [2.24, 2.45) is 5.73 Å². The number of hydrogen-bond acceptors (Lipinski definition) is 5. The largest absolute Gasteiger partial charge is 0.494 e. The molecule has 0 spiro atoms. The Hall–Kier alpha value is -1.31. The zero-order valence-electron chi connectivity index (χ0n) is 12.6. The minimum absolute atomic E-state index is 0. The lowest BCUT2D eigenvalue weighted by atomic mass is 10.2. The molecule has 0 fully saturated rings. The molecule has 0 saturated heterocycles. The number of nitrogens with two attached hydrogens (primary N) is 1. The molecule has 0 radical (unpaired) electrons. The van der Waals surface area contributed by atoms with Crippen LogP contribution in [0, 0.1) is 0 Å². The molecule has 0 aliphatic heterocycles. The summed E-state index contributed by atoms with van der Waals surface area (Å²) in [4.78, 5) is 11.6. The van der Waals surface area contributed by atoms with E-state index >= 15 is 0 Å². The zero-order valence-corrected chi connectivity index (χ0v) is 14.2. The lowest BCUT2D eigenvalue weighted by Crippen LogP contribution is -2.28. The number of hydrogen-bond donors (Lipinski definition) is 2. The van der Waals surface area contributed by atoms with E-state index in [0.717, 1.165) is 12.8 Å². The van der Waals surface area contributed by atoms with E-state index in [0.29, 0.717) is 31.9 Å². The van der Waals surface area contributed by atoms with E-state index in [1.165, 1.54) is 18.4 Å². The van der Waals surface area contributed by atoms with Gasteiger partial charge in [0.15, 0.2) is 9.84 Å². The normalized spacial score (nSPS) is 10.6. The van der Waals surface area contributed by atoms with Crippen molar-refractivity contribution in [1.82, 2.24) is 5.32 Å². The molecule has 0 bridgehead atoms. The van der Waals surface area contributed by atoms with Crippen molar-refractivity contribution in [1.29, 1.82) is 0 Å². The van der Waals surface area contributed by atoms with Gasteiger partial charge in [-0.3, -0.25) is 4.79 Å². The van der Waals surface area contributed by atoms with Crippen LogP contribution in [0.15, 0.2) is 29.2 Å². The van der Waals surface area contributed by atoms with Crippen LogP contribution in [-0.2, 0) is 14.6 Å². The van der Waals surface area contributed by atoms with E-state index in [1.807, 2.05) is 0 Å². The number of unbranched alkanes of at least 4 members (excludes halogenated alkanes) is 1. The maximum atomic E-state index is 11.3. The van der Waals surface area contributed by atoms with Gasteiger partial charge in [-0.15, -0.1) is 12.4 Å². The first-order valence-corrected chi connectivity index (χ1v) is 8.72. The average molecular weight is 351 g/mol. The summed E-state index contributed by atoms with van der Waals surface area (Å²) < 4.78 is 28.1. The van der Waals surface area contributed by atoms with E-state index in [-0.39, 0.29) is 23.2 Å². The summed E-state index contributed by atoms with van der Waals surface area (Å²) in [6, 6.07) is 6.30. The molecule has 0 aliphatic carbocycles. The van der Waals surface area contributed by atoms with Gasteiger partial charge >= 0.3 is 0 Å². The molecule has 0 aliphatic rings. The first kappa shape index (κ1) is 20.7. The predicted octanol–water partition coefficient (Wildman–Crippen LogP) is 1.14. The Morgan fingerprint density at radius 2 is 1.86 bits per heavy atom. The molecular weight excluding hydrogens is 328 g/mol. The van der Waals surface area contributed by atoms with Gasteiger partial charge < -0.3 is 15.8 Å². The number of nitrogens with one attached hydrogen (secondary N) is 1. The van der Waals surface area contributed by atoms with Crippen molar-refractivity contribution >= 4 is 28.2 Å². The van der Waals surface area contributed by atoms with Crippen molar-refractivity contribution in [3.8, 4) is 5.75 Å². The van der Waals surface area contributed by atoms with Crippen molar-refractivity contribution in [3.63, 3.8) is 0 Å². The predicted molar refractivity (Wildman–Crippen MR) is 88.2 cm³/mol. The molecule has 1 rings (SSSR count). The Morgan fingerprint density at radius 1 is 1.23 bits per heavy atom. The fraction of sp³-hybridized carbons (Fsp3) is 0.500. The van der Waals surface area contributed by atoms with Crippen LogP contribution < -0.4 is 15.8 Å². The maximum Gasteiger partial charge on any atom is 0.220 e. The second kappa shape index (κ2) is 10.4. The average Bonchev–Trinajstić information content (AvgIpc) is 2.44. The van der Waals surface area contributed by atoms with E-state index in [9.17, 15) is 13.2 Å². The van der Waals surface area contributed by atoms with Crippen molar-refractivity contribution in [3.05, 3.63) is 24.3 Å². The lowest BCUT2D eigenvalue weighted by Gasteiger charge is -2.07. The Kier molecular flexibility index (Phi) is 9.80. The highest BCUT2D eigenvalue weighted by molar-refractivity contribution is 7.90. The SMILES string of the molecule is CS(=O)(=O)c1ccc(OCCCCC(=O)NCCN)cc1.Cl. The summed E-state index contributed by atoms with van der Waals surface area (Å²) in [5, 5.41) is 2.70. The summed E-state index contributed by atoms with van der Waals surface area (Å²) in [6.07, 6.45) is 3.11.